The topological polar surface area (TPSA) is 78.9 Å². The van der Waals surface area contributed by atoms with Crippen molar-refractivity contribution in [2.45, 2.75) is 39.0 Å². The molecule has 0 aromatic heterocycles. The Bertz CT molecular complexity index is 707. The third-order valence-corrected chi connectivity index (χ3v) is 3.99. The highest BCUT2D eigenvalue weighted by Gasteiger charge is 2.23. The zero-order valence-corrected chi connectivity index (χ0v) is 15.5. The Hall–Kier alpha value is -2.70. The molecule has 0 aliphatic carbocycles. The van der Waals surface area contributed by atoms with Crippen molar-refractivity contribution in [2.75, 3.05) is 6.54 Å². The molecule has 2 rings (SSSR count). The first-order valence-corrected chi connectivity index (χ1v) is 9.07. The summed E-state index contributed by atoms with van der Waals surface area (Å²) >= 11 is 0. The van der Waals surface area contributed by atoms with Crippen LogP contribution in [0.25, 0.3) is 0 Å². The largest absolute Gasteiger partial charge is 0.383 e. The SMILES string of the molecule is CCC(=O)NCC[C@H](O)C(=O)N(Cc1ccccc1)OCc1ccccc1. The number of hydrogen-bond donors (Lipinski definition) is 2. The Morgan fingerprint density at radius 1 is 1.04 bits per heavy atom. The Labute approximate surface area is 159 Å². The van der Waals surface area contributed by atoms with Gasteiger partial charge in [-0.1, -0.05) is 67.6 Å². The van der Waals surface area contributed by atoms with Crippen molar-refractivity contribution in [1.29, 1.82) is 0 Å². The van der Waals surface area contributed by atoms with Crippen LogP contribution in [-0.2, 0) is 27.6 Å². The minimum absolute atomic E-state index is 0.115. The predicted molar refractivity (Wildman–Crippen MR) is 102 cm³/mol. The van der Waals surface area contributed by atoms with Gasteiger partial charge in [0.1, 0.15) is 12.7 Å². The van der Waals surface area contributed by atoms with Crippen LogP contribution in [0.15, 0.2) is 60.7 Å². The van der Waals surface area contributed by atoms with Crippen LogP contribution in [0.5, 0.6) is 0 Å². The molecule has 6 heteroatoms. The summed E-state index contributed by atoms with van der Waals surface area (Å²) in [7, 11) is 0. The van der Waals surface area contributed by atoms with Crippen LogP contribution in [0.3, 0.4) is 0 Å². The van der Waals surface area contributed by atoms with E-state index in [-0.39, 0.29) is 32.0 Å². The van der Waals surface area contributed by atoms with Crippen molar-refractivity contribution in [3.63, 3.8) is 0 Å². The standard InChI is InChI=1S/C21H26N2O4/c1-2-20(25)22-14-13-19(24)21(26)23(15-17-9-5-3-6-10-17)27-16-18-11-7-4-8-12-18/h3-12,19,24H,2,13-16H2,1H3,(H,22,25)/t19-/m0/s1. The smallest absolute Gasteiger partial charge is 0.275 e. The van der Waals surface area contributed by atoms with E-state index in [1.807, 2.05) is 60.7 Å². The molecule has 2 amide bonds. The number of rotatable bonds is 10. The Balaban J connectivity index is 1.98. The molecule has 0 spiro atoms. The molecule has 0 radical (unpaired) electrons. The highest BCUT2D eigenvalue weighted by Crippen LogP contribution is 2.11. The molecule has 2 aromatic rings. The maximum absolute atomic E-state index is 12.7. The van der Waals surface area contributed by atoms with Gasteiger partial charge >= 0.3 is 0 Å². The number of aliphatic hydroxyl groups is 1. The van der Waals surface area contributed by atoms with Crippen molar-refractivity contribution in [3.05, 3.63) is 71.8 Å². The molecule has 1 atom stereocenters. The fraction of sp³-hybridized carbons (Fsp3) is 0.333. The van der Waals surface area contributed by atoms with Gasteiger partial charge in [0.25, 0.3) is 5.91 Å². The van der Waals surface area contributed by atoms with Gasteiger partial charge in [-0.2, -0.15) is 0 Å². The summed E-state index contributed by atoms with van der Waals surface area (Å²) in [5, 5.41) is 14.1. The van der Waals surface area contributed by atoms with Crippen molar-refractivity contribution in [1.82, 2.24) is 10.4 Å². The molecule has 0 aliphatic heterocycles. The number of nitrogens with zero attached hydrogens (tertiary/aromatic N) is 1. The first-order valence-electron chi connectivity index (χ1n) is 9.07. The van der Waals surface area contributed by atoms with Crippen LogP contribution in [0.4, 0.5) is 0 Å². The summed E-state index contributed by atoms with van der Waals surface area (Å²) < 4.78 is 0. The molecule has 2 N–H and O–H groups in total. The highest BCUT2D eigenvalue weighted by atomic mass is 16.7. The molecular weight excluding hydrogens is 344 g/mol. The number of benzene rings is 2. The summed E-state index contributed by atoms with van der Waals surface area (Å²) in [4.78, 5) is 29.6. The molecule has 0 saturated carbocycles. The average molecular weight is 370 g/mol. The van der Waals surface area contributed by atoms with Gasteiger partial charge in [0.15, 0.2) is 0 Å². The summed E-state index contributed by atoms with van der Waals surface area (Å²) in [5.41, 5.74) is 1.82. The van der Waals surface area contributed by atoms with Gasteiger partial charge in [-0.15, -0.1) is 0 Å². The predicted octanol–water partition coefficient (Wildman–Crippen LogP) is 2.42. The number of hydrogen-bond acceptors (Lipinski definition) is 4. The fourth-order valence-electron chi connectivity index (χ4n) is 2.43. The van der Waals surface area contributed by atoms with Gasteiger partial charge < -0.3 is 10.4 Å². The van der Waals surface area contributed by atoms with E-state index in [0.29, 0.717) is 6.42 Å². The van der Waals surface area contributed by atoms with E-state index >= 15 is 0 Å². The molecule has 0 bridgehead atoms. The molecule has 0 aliphatic rings. The van der Waals surface area contributed by atoms with Crippen molar-refractivity contribution >= 4 is 11.8 Å². The molecule has 144 valence electrons. The lowest BCUT2D eigenvalue weighted by molar-refractivity contribution is -0.203. The third kappa shape index (κ3) is 7.21. The first-order chi connectivity index (χ1) is 13.1. The molecule has 0 heterocycles. The van der Waals surface area contributed by atoms with Crippen LogP contribution in [-0.4, -0.2) is 34.6 Å². The van der Waals surface area contributed by atoms with E-state index in [4.69, 9.17) is 4.84 Å². The molecule has 2 aromatic carbocycles. The quantitative estimate of drug-likeness (QED) is 0.630. The van der Waals surface area contributed by atoms with Gasteiger partial charge in [-0.3, -0.25) is 14.4 Å². The molecule has 0 fully saturated rings. The molecular formula is C21H26N2O4. The summed E-state index contributed by atoms with van der Waals surface area (Å²) in [6.07, 6.45) is -0.754. The number of hydroxylamine groups is 2. The maximum atomic E-state index is 12.7. The zero-order chi connectivity index (χ0) is 19.5. The van der Waals surface area contributed by atoms with Crippen LogP contribution in [0, 0.1) is 0 Å². The van der Waals surface area contributed by atoms with E-state index in [1.54, 1.807) is 6.92 Å². The van der Waals surface area contributed by atoms with E-state index in [9.17, 15) is 14.7 Å². The fourth-order valence-corrected chi connectivity index (χ4v) is 2.43. The van der Waals surface area contributed by atoms with Crippen LogP contribution < -0.4 is 5.32 Å². The van der Waals surface area contributed by atoms with Crippen molar-refractivity contribution in [3.8, 4) is 0 Å². The molecule has 0 saturated heterocycles. The molecule has 27 heavy (non-hydrogen) atoms. The lowest BCUT2D eigenvalue weighted by Crippen LogP contribution is -2.40. The van der Waals surface area contributed by atoms with Gasteiger partial charge in [0.05, 0.1) is 6.54 Å². The van der Waals surface area contributed by atoms with Gasteiger partial charge in [0.2, 0.25) is 5.91 Å². The van der Waals surface area contributed by atoms with E-state index < -0.39 is 12.0 Å². The molecule has 0 unspecified atom stereocenters. The van der Waals surface area contributed by atoms with E-state index in [2.05, 4.69) is 5.32 Å². The number of carbonyl (C=O) groups excluding carboxylic acids is 2. The lowest BCUT2D eigenvalue weighted by atomic mass is 10.2. The third-order valence-electron chi connectivity index (χ3n) is 3.99. The minimum Gasteiger partial charge on any atom is -0.383 e. The summed E-state index contributed by atoms with van der Waals surface area (Å²) in [5.74, 6) is -0.642. The van der Waals surface area contributed by atoms with Gasteiger partial charge in [0, 0.05) is 13.0 Å². The van der Waals surface area contributed by atoms with Crippen LogP contribution in [0.1, 0.15) is 30.9 Å². The molecule has 6 nitrogen and oxygen atoms in total. The zero-order valence-electron chi connectivity index (χ0n) is 15.5. The number of aliphatic hydroxyl groups excluding tert-OH is 1. The summed E-state index contributed by atoms with van der Waals surface area (Å²) in [6, 6.07) is 18.9. The van der Waals surface area contributed by atoms with E-state index in [0.717, 1.165) is 11.1 Å². The number of carbonyl (C=O) groups is 2. The van der Waals surface area contributed by atoms with Crippen LogP contribution in [0.2, 0.25) is 0 Å². The Morgan fingerprint density at radius 3 is 2.22 bits per heavy atom. The highest BCUT2D eigenvalue weighted by molar-refractivity contribution is 5.80. The van der Waals surface area contributed by atoms with Crippen molar-refractivity contribution < 1.29 is 19.5 Å². The maximum Gasteiger partial charge on any atom is 0.275 e. The average Bonchev–Trinajstić information content (AvgIpc) is 2.71. The normalized spacial score (nSPS) is 11.6. The van der Waals surface area contributed by atoms with Gasteiger partial charge in [-0.05, 0) is 17.5 Å². The summed E-state index contributed by atoms with van der Waals surface area (Å²) in [6.45, 7) is 2.43. The number of nitrogens with one attached hydrogen (secondary N) is 1. The number of amides is 2. The monoisotopic (exact) mass is 370 g/mol. The second kappa shape index (κ2) is 11.1. The van der Waals surface area contributed by atoms with Gasteiger partial charge in [-0.25, -0.2) is 5.06 Å². The Kier molecular flexibility index (Phi) is 8.48. The lowest BCUT2D eigenvalue weighted by Gasteiger charge is -2.24. The second-order valence-electron chi connectivity index (χ2n) is 6.13. The first kappa shape index (κ1) is 20.6. The minimum atomic E-state index is -1.25. The van der Waals surface area contributed by atoms with Crippen molar-refractivity contribution in [2.24, 2.45) is 0 Å². The van der Waals surface area contributed by atoms with Crippen LogP contribution >= 0.6 is 0 Å². The second-order valence-corrected chi connectivity index (χ2v) is 6.13. The Morgan fingerprint density at radius 2 is 1.63 bits per heavy atom. The van der Waals surface area contributed by atoms with E-state index in [1.165, 1.54) is 5.06 Å².